The van der Waals surface area contributed by atoms with E-state index < -0.39 is 17.1 Å². The van der Waals surface area contributed by atoms with E-state index in [-0.39, 0.29) is 73.2 Å². The molecule has 2 aromatic rings. The van der Waals surface area contributed by atoms with Gasteiger partial charge in [0.05, 0.1) is 35.4 Å². The normalized spacial score (nSPS) is 27.6. The molecular formula is C39H52Cl2N8O5S. The molecule has 1 saturated carbocycles. The number of ether oxygens (including phenoxy) is 1. The number of nitrogens with zero attached hydrogens (tertiary/aromatic N) is 5. The summed E-state index contributed by atoms with van der Waals surface area (Å²) in [6.45, 7) is 11.6. The van der Waals surface area contributed by atoms with Crippen LogP contribution in [0.1, 0.15) is 71.8 Å². The molecule has 298 valence electrons. The molecule has 3 N–H and O–H groups in total. The Balaban J connectivity index is 0.00000580. The number of carbonyl (C=O) groups is 4. The fraction of sp³-hybridized carbons (Fsp3) is 0.564. The van der Waals surface area contributed by atoms with Crippen LogP contribution in [0.15, 0.2) is 42.5 Å². The lowest BCUT2D eigenvalue weighted by molar-refractivity contribution is -0.133. The standard InChI is InChI=1S/C39H51ClN8O5S.ClH/c1-24-21-45(22-25(2)46(24)23-35(50)43-28-7-5-6-27(18-28)42-33-14-15-34(49)44-36(33)51)16-17-53-31-12-10-29(11-13-31)48-38(54)47(37(52)39(48,3)4)30-9-8-26(20-41)32(40)19-30;/h5-9,18-19,24-25,29,31,33,38,42,54H,10-17,21-23H2,1-4H3,(H,43,50)(H,44,49,51);1H/t24-,25+,29?,31?,33?,38?;. The molecule has 4 amide bonds. The fourth-order valence-corrected chi connectivity index (χ4v) is 9.38. The Morgan fingerprint density at radius 2 is 1.73 bits per heavy atom. The first-order valence-corrected chi connectivity index (χ1v) is 19.7. The number of nitrogens with one attached hydrogen (secondary N) is 3. The molecule has 2 aromatic carbocycles. The first-order chi connectivity index (χ1) is 25.7. The first-order valence-electron chi connectivity index (χ1n) is 18.8. The zero-order valence-electron chi connectivity index (χ0n) is 31.8. The molecule has 0 radical (unpaired) electrons. The zero-order valence-corrected chi connectivity index (χ0v) is 34.3. The van der Waals surface area contributed by atoms with E-state index in [2.05, 4.69) is 50.6 Å². The highest BCUT2D eigenvalue weighted by Gasteiger charge is 2.54. The van der Waals surface area contributed by atoms with Gasteiger partial charge in [-0.05, 0) is 96.2 Å². The van der Waals surface area contributed by atoms with Gasteiger partial charge in [-0.3, -0.25) is 44.1 Å². The number of anilines is 3. The van der Waals surface area contributed by atoms with Crippen molar-refractivity contribution in [3.63, 3.8) is 0 Å². The van der Waals surface area contributed by atoms with Crippen molar-refractivity contribution in [2.24, 2.45) is 0 Å². The summed E-state index contributed by atoms with van der Waals surface area (Å²) < 4.78 is 6.40. The molecule has 0 aromatic heterocycles. The number of halogens is 2. The first kappa shape index (κ1) is 42.7. The third-order valence-corrected chi connectivity index (χ3v) is 12.0. The van der Waals surface area contributed by atoms with Crippen LogP contribution in [0.3, 0.4) is 0 Å². The summed E-state index contributed by atoms with van der Waals surface area (Å²) in [6.07, 6.45) is 4.48. The molecule has 4 fully saturated rings. The van der Waals surface area contributed by atoms with E-state index in [0.717, 1.165) is 45.3 Å². The molecule has 6 rings (SSSR count). The molecule has 3 saturated heterocycles. The maximum Gasteiger partial charge on any atom is 0.249 e. The SMILES string of the molecule is C[C@@H]1CN(CCOC2CCC(N3C(S)N(c4ccc(C#N)c(Cl)c4)C(=O)C3(C)C)CC2)C[C@H](C)N1CC(=O)Nc1cccc(NC2CCC(=O)NC2=O)c1.Cl. The number of piperazine rings is 1. The van der Waals surface area contributed by atoms with Crippen LogP contribution < -0.4 is 20.9 Å². The van der Waals surface area contributed by atoms with E-state index in [1.54, 1.807) is 29.2 Å². The lowest BCUT2D eigenvalue weighted by atomic mass is 9.89. The van der Waals surface area contributed by atoms with Crippen LogP contribution in [-0.4, -0.2) is 112 Å². The molecule has 3 aliphatic heterocycles. The number of thiol groups is 1. The molecule has 16 heteroatoms. The van der Waals surface area contributed by atoms with Gasteiger partial charge in [-0.25, -0.2) is 0 Å². The Kier molecular flexibility index (Phi) is 14.2. The van der Waals surface area contributed by atoms with Crippen molar-refractivity contribution in [2.75, 3.05) is 48.3 Å². The maximum atomic E-state index is 13.6. The van der Waals surface area contributed by atoms with E-state index in [1.807, 2.05) is 32.0 Å². The topological polar surface area (TPSA) is 150 Å². The minimum Gasteiger partial charge on any atom is -0.377 e. The predicted octanol–water partition coefficient (Wildman–Crippen LogP) is 4.85. The summed E-state index contributed by atoms with van der Waals surface area (Å²) in [5.41, 5.74) is 1.14. The van der Waals surface area contributed by atoms with Crippen LogP contribution in [0, 0.1) is 11.3 Å². The quantitative estimate of drug-likeness (QED) is 0.183. The zero-order chi connectivity index (χ0) is 38.7. The number of hydrogen-bond acceptors (Lipinski definition) is 11. The van der Waals surface area contributed by atoms with Gasteiger partial charge in [-0.15, -0.1) is 25.0 Å². The van der Waals surface area contributed by atoms with Crippen LogP contribution in [-0.2, 0) is 23.9 Å². The molecule has 0 spiro atoms. The van der Waals surface area contributed by atoms with Gasteiger partial charge in [0.15, 0.2) is 0 Å². The lowest BCUT2D eigenvalue weighted by Gasteiger charge is -2.44. The van der Waals surface area contributed by atoms with E-state index in [0.29, 0.717) is 40.7 Å². The Bertz CT molecular complexity index is 1770. The smallest absolute Gasteiger partial charge is 0.249 e. The van der Waals surface area contributed by atoms with Gasteiger partial charge in [0.1, 0.15) is 17.6 Å². The van der Waals surface area contributed by atoms with Crippen molar-refractivity contribution in [2.45, 2.75) is 108 Å². The highest BCUT2D eigenvalue weighted by molar-refractivity contribution is 7.81. The number of carbonyl (C=O) groups excluding carboxylic acids is 4. The van der Waals surface area contributed by atoms with Crippen molar-refractivity contribution in [1.29, 1.82) is 5.26 Å². The monoisotopic (exact) mass is 814 g/mol. The van der Waals surface area contributed by atoms with Gasteiger partial charge in [-0.1, -0.05) is 17.7 Å². The molecule has 2 unspecified atom stereocenters. The maximum absolute atomic E-state index is 13.6. The fourth-order valence-electron chi connectivity index (χ4n) is 8.45. The predicted molar refractivity (Wildman–Crippen MR) is 219 cm³/mol. The number of benzene rings is 2. The van der Waals surface area contributed by atoms with Crippen molar-refractivity contribution in [3.05, 3.63) is 53.1 Å². The Hall–Kier alpha value is -3.42. The number of nitriles is 1. The van der Waals surface area contributed by atoms with Crippen LogP contribution in [0.4, 0.5) is 17.1 Å². The van der Waals surface area contributed by atoms with Crippen LogP contribution >= 0.6 is 36.6 Å². The average molecular weight is 816 g/mol. The van der Waals surface area contributed by atoms with E-state index in [9.17, 15) is 24.4 Å². The van der Waals surface area contributed by atoms with Gasteiger partial charge in [-0.2, -0.15) is 5.26 Å². The molecule has 4 atom stereocenters. The second-order valence-electron chi connectivity index (χ2n) is 15.5. The van der Waals surface area contributed by atoms with Gasteiger partial charge >= 0.3 is 0 Å². The van der Waals surface area contributed by atoms with Crippen LogP contribution in [0.2, 0.25) is 5.02 Å². The summed E-state index contributed by atoms with van der Waals surface area (Å²) in [5.74, 6) is -0.745. The van der Waals surface area contributed by atoms with Crippen LogP contribution in [0.5, 0.6) is 0 Å². The minimum atomic E-state index is -0.747. The minimum absolute atomic E-state index is 0. The molecule has 0 bridgehead atoms. The summed E-state index contributed by atoms with van der Waals surface area (Å²) in [7, 11) is 0. The highest BCUT2D eigenvalue weighted by atomic mass is 35.5. The molecule has 4 aliphatic rings. The Morgan fingerprint density at radius 3 is 2.38 bits per heavy atom. The van der Waals surface area contributed by atoms with Crippen molar-refractivity contribution in [3.8, 4) is 6.07 Å². The Morgan fingerprint density at radius 1 is 1.04 bits per heavy atom. The number of imide groups is 1. The van der Waals surface area contributed by atoms with E-state index in [4.69, 9.17) is 29.0 Å². The molecular weight excluding hydrogens is 763 g/mol. The average Bonchev–Trinajstić information content (AvgIpc) is 3.30. The highest BCUT2D eigenvalue weighted by Crippen LogP contribution is 2.42. The third-order valence-electron chi connectivity index (χ3n) is 11.2. The van der Waals surface area contributed by atoms with E-state index >= 15 is 0 Å². The summed E-state index contributed by atoms with van der Waals surface area (Å²) in [4.78, 5) is 58.9. The molecule has 55 heavy (non-hydrogen) atoms. The van der Waals surface area contributed by atoms with Gasteiger partial charge < -0.3 is 15.4 Å². The van der Waals surface area contributed by atoms with Crippen LogP contribution in [0.25, 0.3) is 0 Å². The third kappa shape index (κ3) is 9.76. The lowest BCUT2D eigenvalue weighted by Crippen LogP contribution is -2.58. The van der Waals surface area contributed by atoms with Gasteiger partial charge in [0, 0.05) is 61.2 Å². The van der Waals surface area contributed by atoms with Gasteiger partial charge in [0.2, 0.25) is 23.6 Å². The summed E-state index contributed by atoms with van der Waals surface area (Å²) in [5, 5.41) is 18.1. The van der Waals surface area contributed by atoms with Crippen molar-refractivity contribution >= 4 is 77.3 Å². The number of amides is 4. The molecule has 3 heterocycles. The Labute approximate surface area is 340 Å². The van der Waals surface area contributed by atoms with Crippen molar-refractivity contribution in [1.82, 2.24) is 20.0 Å². The number of piperidine rings is 1. The summed E-state index contributed by atoms with van der Waals surface area (Å²) >= 11 is 11.2. The second-order valence-corrected chi connectivity index (χ2v) is 16.3. The number of rotatable bonds is 11. The second kappa shape index (κ2) is 18.2. The van der Waals surface area contributed by atoms with E-state index in [1.165, 1.54) is 0 Å². The largest absolute Gasteiger partial charge is 0.377 e. The molecule has 1 aliphatic carbocycles. The van der Waals surface area contributed by atoms with Gasteiger partial charge in [0.25, 0.3) is 0 Å². The summed E-state index contributed by atoms with van der Waals surface area (Å²) in [6, 6.07) is 14.4. The molecule has 13 nitrogen and oxygen atoms in total. The number of hydrogen-bond donors (Lipinski definition) is 4. The van der Waals surface area contributed by atoms with Crippen molar-refractivity contribution < 1.29 is 23.9 Å².